The average Bonchev–Trinajstić information content (AvgIpc) is 3.17. The van der Waals surface area contributed by atoms with E-state index in [4.69, 9.17) is 0 Å². The van der Waals surface area contributed by atoms with E-state index in [9.17, 15) is 9.59 Å². The highest BCUT2D eigenvalue weighted by Crippen LogP contribution is 2.16. The average molecular weight is 330 g/mol. The van der Waals surface area contributed by atoms with Gasteiger partial charge in [0, 0.05) is 51.4 Å². The lowest BCUT2D eigenvalue weighted by atomic mass is 10.2. The van der Waals surface area contributed by atoms with E-state index in [-0.39, 0.29) is 17.5 Å². The topological polar surface area (TPSA) is 85.0 Å². The maximum Gasteiger partial charge on any atom is 0.266 e. The van der Waals surface area contributed by atoms with Crippen LogP contribution in [-0.4, -0.2) is 44.6 Å². The first kappa shape index (κ1) is 16.2. The fourth-order valence-corrected chi connectivity index (χ4v) is 2.85. The van der Waals surface area contributed by atoms with Crippen molar-refractivity contribution in [2.45, 2.75) is 32.4 Å². The van der Waals surface area contributed by atoms with Gasteiger partial charge in [-0.25, -0.2) is 4.68 Å². The molecule has 24 heavy (non-hydrogen) atoms. The van der Waals surface area contributed by atoms with Crippen LogP contribution < -0.4 is 15.8 Å². The minimum atomic E-state index is -0.128. The third-order valence-corrected chi connectivity index (χ3v) is 4.15. The number of aromatic nitrogens is 4. The summed E-state index contributed by atoms with van der Waals surface area (Å²) < 4.78 is 3.11. The van der Waals surface area contributed by atoms with Crippen LogP contribution in [0.4, 0.5) is 5.82 Å². The normalized spacial score (nSPS) is 17.2. The number of aryl methyl sites for hydroxylation is 3. The fourth-order valence-electron chi connectivity index (χ4n) is 2.85. The van der Waals surface area contributed by atoms with E-state index in [2.05, 4.69) is 20.4 Å². The van der Waals surface area contributed by atoms with Crippen molar-refractivity contribution in [2.24, 2.45) is 7.05 Å². The van der Waals surface area contributed by atoms with Crippen LogP contribution in [0.5, 0.6) is 0 Å². The SMILES string of the molecule is Cc1cnn(CCC(=O)NC2CCN(c3ccc(=O)n(C)n3)C2)c1. The summed E-state index contributed by atoms with van der Waals surface area (Å²) >= 11 is 0. The van der Waals surface area contributed by atoms with Crippen molar-refractivity contribution in [3.63, 3.8) is 0 Å². The lowest BCUT2D eigenvalue weighted by molar-refractivity contribution is -0.121. The zero-order chi connectivity index (χ0) is 17.1. The van der Waals surface area contributed by atoms with Crippen LogP contribution in [0.1, 0.15) is 18.4 Å². The van der Waals surface area contributed by atoms with Crippen LogP contribution in [0.3, 0.4) is 0 Å². The number of anilines is 1. The number of hydrogen-bond acceptors (Lipinski definition) is 5. The van der Waals surface area contributed by atoms with Crippen LogP contribution in [0.25, 0.3) is 0 Å². The molecule has 128 valence electrons. The molecule has 0 aromatic carbocycles. The van der Waals surface area contributed by atoms with Gasteiger partial charge in [-0.1, -0.05) is 0 Å². The Morgan fingerprint density at radius 3 is 2.96 bits per heavy atom. The van der Waals surface area contributed by atoms with E-state index < -0.39 is 0 Å². The van der Waals surface area contributed by atoms with E-state index in [1.54, 1.807) is 24.0 Å². The second kappa shape index (κ2) is 6.86. The van der Waals surface area contributed by atoms with E-state index in [0.29, 0.717) is 19.5 Å². The Hall–Kier alpha value is -2.64. The monoisotopic (exact) mass is 330 g/mol. The number of carbonyl (C=O) groups is 1. The van der Waals surface area contributed by atoms with Crippen LogP contribution in [-0.2, 0) is 18.4 Å². The summed E-state index contributed by atoms with van der Waals surface area (Å²) in [7, 11) is 1.64. The first-order chi connectivity index (χ1) is 11.5. The molecule has 3 rings (SSSR count). The number of hydrogen-bond donors (Lipinski definition) is 1. The lowest BCUT2D eigenvalue weighted by Crippen LogP contribution is -2.37. The van der Waals surface area contributed by atoms with Gasteiger partial charge in [-0.2, -0.15) is 10.2 Å². The summed E-state index contributed by atoms with van der Waals surface area (Å²) in [5, 5.41) is 11.5. The molecular formula is C16H22N6O2. The second-order valence-electron chi connectivity index (χ2n) is 6.18. The van der Waals surface area contributed by atoms with Gasteiger partial charge in [-0.3, -0.25) is 14.3 Å². The van der Waals surface area contributed by atoms with Gasteiger partial charge >= 0.3 is 0 Å². The molecule has 1 aliphatic heterocycles. The van der Waals surface area contributed by atoms with Gasteiger partial charge in [-0.05, 0) is 25.0 Å². The van der Waals surface area contributed by atoms with Crippen molar-refractivity contribution in [1.29, 1.82) is 0 Å². The van der Waals surface area contributed by atoms with Crippen molar-refractivity contribution >= 4 is 11.7 Å². The van der Waals surface area contributed by atoms with Gasteiger partial charge in [0.05, 0.1) is 6.20 Å². The quantitative estimate of drug-likeness (QED) is 0.839. The zero-order valence-electron chi connectivity index (χ0n) is 14.0. The number of amides is 1. The van der Waals surface area contributed by atoms with Crippen molar-refractivity contribution < 1.29 is 4.79 Å². The number of nitrogens with one attached hydrogen (secondary N) is 1. The molecule has 3 heterocycles. The molecule has 1 atom stereocenters. The third kappa shape index (κ3) is 3.81. The molecule has 0 spiro atoms. The Morgan fingerprint density at radius 1 is 1.42 bits per heavy atom. The first-order valence-corrected chi connectivity index (χ1v) is 8.09. The summed E-state index contributed by atoms with van der Waals surface area (Å²) in [6, 6.07) is 3.35. The summed E-state index contributed by atoms with van der Waals surface area (Å²) in [5.74, 6) is 0.796. The Kier molecular flexibility index (Phi) is 4.64. The number of carbonyl (C=O) groups excluding carboxylic acids is 1. The van der Waals surface area contributed by atoms with Gasteiger partial charge in [-0.15, -0.1) is 0 Å². The van der Waals surface area contributed by atoms with Crippen LogP contribution in [0.15, 0.2) is 29.3 Å². The fraction of sp³-hybridized carbons (Fsp3) is 0.500. The first-order valence-electron chi connectivity index (χ1n) is 8.09. The molecule has 1 amide bonds. The molecule has 8 nitrogen and oxygen atoms in total. The molecule has 0 bridgehead atoms. The maximum absolute atomic E-state index is 12.1. The number of nitrogens with zero attached hydrogens (tertiary/aromatic N) is 5. The van der Waals surface area contributed by atoms with Gasteiger partial charge < -0.3 is 10.2 Å². The minimum absolute atomic E-state index is 0.0309. The van der Waals surface area contributed by atoms with E-state index >= 15 is 0 Å². The summed E-state index contributed by atoms with van der Waals surface area (Å²) in [5.41, 5.74) is 0.961. The largest absolute Gasteiger partial charge is 0.353 e. The van der Waals surface area contributed by atoms with Crippen LogP contribution >= 0.6 is 0 Å². The molecule has 0 aliphatic carbocycles. The Bertz CT molecular complexity index is 781. The van der Waals surface area contributed by atoms with Gasteiger partial charge in [0.2, 0.25) is 5.91 Å². The molecule has 0 radical (unpaired) electrons. The Balaban J connectivity index is 1.49. The Morgan fingerprint density at radius 2 is 2.25 bits per heavy atom. The Labute approximate surface area is 140 Å². The van der Waals surface area contributed by atoms with Crippen LogP contribution in [0.2, 0.25) is 0 Å². The summed E-state index contributed by atoms with van der Waals surface area (Å²) in [6.45, 7) is 4.08. The molecule has 2 aromatic rings. The highest BCUT2D eigenvalue weighted by atomic mass is 16.1. The van der Waals surface area contributed by atoms with Gasteiger partial charge in [0.1, 0.15) is 5.82 Å². The van der Waals surface area contributed by atoms with Crippen LogP contribution in [0, 0.1) is 6.92 Å². The molecule has 1 fully saturated rings. The van der Waals surface area contributed by atoms with Crippen molar-refractivity contribution in [1.82, 2.24) is 24.9 Å². The molecule has 1 saturated heterocycles. The molecular weight excluding hydrogens is 308 g/mol. The predicted octanol–water partition coefficient (Wildman–Crippen LogP) is 0.0704. The summed E-state index contributed by atoms with van der Waals surface area (Å²) in [4.78, 5) is 25.6. The highest BCUT2D eigenvalue weighted by Gasteiger charge is 2.25. The standard InChI is InChI=1S/C16H22N6O2/c1-12-9-17-22(10-12)8-6-15(23)18-13-5-7-21(11-13)14-3-4-16(24)20(2)19-14/h3-4,9-10,13H,5-8,11H2,1-2H3,(H,18,23). The van der Waals surface area contributed by atoms with E-state index in [1.807, 2.05) is 13.1 Å². The lowest BCUT2D eigenvalue weighted by Gasteiger charge is -2.18. The molecule has 2 aromatic heterocycles. The molecule has 1 N–H and O–H groups in total. The van der Waals surface area contributed by atoms with E-state index in [0.717, 1.165) is 24.3 Å². The van der Waals surface area contributed by atoms with Crippen molar-refractivity contribution in [2.75, 3.05) is 18.0 Å². The van der Waals surface area contributed by atoms with Gasteiger partial charge in [0.25, 0.3) is 5.56 Å². The third-order valence-electron chi connectivity index (χ3n) is 4.15. The zero-order valence-corrected chi connectivity index (χ0v) is 14.0. The highest BCUT2D eigenvalue weighted by molar-refractivity contribution is 5.76. The predicted molar refractivity (Wildman–Crippen MR) is 89.8 cm³/mol. The number of rotatable bonds is 5. The molecule has 1 unspecified atom stereocenters. The summed E-state index contributed by atoms with van der Waals surface area (Å²) in [6.07, 6.45) is 5.00. The van der Waals surface area contributed by atoms with Gasteiger partial charge in [0.15, 0.2) is 0 Å². The molecule has 8 heteroatoms. The van der Waals surface area contributed by atoms with Crippen molar-refractivity contribution in [3.8, 4) is 0 Å². The smallest absolute Gasteiger partial charge is 0.266 e. The molecule has 1 aliphatic rings. The maximum atomic E-state index is 12.1. The molecule has 0 saturated carbocycles. The van der Waals surface area contributed by atoms with Crippen molar-refractivity contribution in [3.05, 3.63) is 40.4 Å². The second-order valence-corrected chi connectivity index (χ2v) is 6.18. The van der Waals surface area contributed by atoms with E-state index in [1.165, 1.54) is 10.7 Å². The minimum Gasteiger partial charge on any atom is -0.353 e.